The molecule has 0 saturated carbocycles. The molecule has 128 valence electrons. The van der Waals surface area contributed by atoms with Gasteiger partial charge in [-0.2, -0.15) is 0 Å². The zero-order chi connectivity index (χ0) is 18.4. The van der Waals surface area contributed by atoms with Gasteiger partial charge in [0.15, 0.2) is 0 Å². The number of carboxylic acids is 1. The number of aromatic nitrogens is 1. The highest BCUT2D eigenvalue weighted by Gasteiger charge is 2.16. The number of aromatic carboxylic acids is 1. The van der Waals surface area contributed by atoms with E-state index in [-0.39, 0.29) is 5.41 Å². The van der Waals surface area contributed by atoms with Crippen LogP contribution in [0.3, 0.4) is 0 Å². The van der Waals surface area contributed by atoms with Crippen molar-refractivity contribution in [2.75, 3.05) is 0 Å². The van der Waals surface area contributed by atoms with Crippen molar-refractivity contribution in [2.24, 2.45) is 0 Å². The molecule has 0 aliphatic carbocycles. The molecule has 1 aromatic heterocycles. The molecular weight excluding hydrogens is 310 g/mol. The molecule has 0 bridgehead atoms. The van der Waals surface area contributed by atoms with Gasteiger partial charge in [-0.25, -0.2) is 9.78 Å². The normalized spacial score (nSPS) is 11.7. The molecule has 1 heterocycles. The van der Waals surface area contributed by atoms with Crippen molar-refractivity contribution in [3.8, 4) is 11.3 Å². The minimum atomic E-state index is -0.926. The average molecular weight is 333 g/mol. The SMILES string of the molecule is Cc1cc(C)c2nc(-c3ccc(C(C)(C)C)cc3)cc(C(=O)O)c2c1. The summed E-state index contributed by atoms with van der Waals surface area (Å²) in [6, 6.07) is 13.8. The molecule has 0 unspecified atom stereocenters. The van der Waals surface area contributed by atoms with Crippen molar-refractivity contribution in [3.05, 3.63) is 64.7 Å². The summed E-state index contributed by atoms with van der Waals surface area (Å²) in [5.74, 6) is -0.926. The van der Waals surface area contributed by atoms with Crippen molar-refractivity contribution < 1.29 is 9.90 Å². The maximum atomic E-state index is 11.8. The molecule has 25 heavy (non-hydrogen) atoms. The number of rotatable bonds is 2. The van der Waals surface area contributed by atoms with Gasteiger partial charge in [-0.3, -0.25) is 0 Å². The molecule has 0 aliphatic heterocycles. The van der Waals surface area contributed by atoms with Crippen LogP contribution in [-0.2, 0) is 5.41 Å². The summed E-state index contributed by atoms with van der Waals surface area (Å²) in [5.41, 5.74) is 6.02. The van der Waals surface area contributed by atoms with Gasteiger partial charge in [-0.15, -0.1) is 0 Å². The van der Waals surface area contributed by atoms with Gasteiger partial charge < -0.3 is 5.11 Å². The quantitative estimate of drug-likeness (QED) is 0.672. The average Bonchev–Trinajstić information content (AvgIpc) is 2.53. The topological polar surface area (TPSA) is 50.2 Å². The minimum absolute atomic E-state index is 0.0791. The molecule has 0 spiro atoms. The Labute approximate surface area is 148 Å². The van der Waals surface area contributed by atoms with Crippen LogP contribution in [0.2, 0.25) is 0 Å². The molecule has 0 aliphatic rings. The summed E-state index contributed by atoms with van der Waals surface area (Å²) in [7, 11) is 0. The van der Waals surface area contributed by atoms with E-state index in [0.717, 1.165) is 22.2 Å². The van der Waals surface area contributed by atoms with Crippen LogP contribution >= 0.6 is 0 Å². The Morgan fingerprint density at radius 3 is 2.20 bits per heavy atom. The highest BCUT2D eigenvalue weighted by molar-refractivity contribution is 6.04. The van der Waals surface area contributed by atoms with Crippen LogP contribution in [0.25, 0.3) is 22.2 Å². The zero-order valence-electron chi connectivity index (χ0n) is 15.3. The third-order valence-electron chi connectivity index (χ3n) is 4.53. The number of hydrogen-bond acceptors (Lipinski definition) is 2. The second kappa shape index (κ2) is 5.99. The number of pyridine rings is 1. The summed E-state index contributed by atoms with van der Waals surface area (Å²) in [6.07, 6.45) is 0. The number of fused-ring (bicyclic) bond motifs is 1. The highest BCUT2D eigenvalue weighted by Crippen LogP contribution is 2.29. The van der Waals surface area contributed by atoms with Crippen LogP contribution in [0.4, 0.5) is 0 Å². The van der Waals surface area contributed by atoms with Crippen molar-refractivity contribution in [2.45, 2.75) is 40.0 Å². The number of nitrogens with zero attached hydrogens (tertiary/aromatic N) is 1. The van der Waals surface area contributed by atoms with E-state index in [9.17, 15) is 9.90 Å². The Bertz CT molecular complexity index is 964. The lowest BCUT2D eigenvalue weighted by atomic mass is 9.86. The molecule has 0 saturated heterocycles. The Balaban J connectivity index is 2.22. The van der Waals surface area contributed by atoms with E-state index in [1.165, 1.54) is 5.56 Å². The summed E-state index contributed by atoms with van der Waals surface area (Å²) < 4.78 is 0. The van der Waals surface area contributed by atoms with E-state index in [4.69, 9.17) is 4.98 Å². The second-order valence-corrected chi connectivity index (χ2v) is 7.67. The number of carbonyl (C=O) groups is 1. The fourth-order valence-corrected chi connectivity index (χ4v) is 3.15. The maximum absolute atomic E-state index is 11.8. The molecule has 0 fully saturated rings. The number of benzene rings is 2. The first-order valence-corrected chi connectivity index (χ1v) is 8.43. The smallest absolute Gasteiger partial charge is 0.336 e. The fourth-order valence-electron chi connectivity index (χ4n) is 3.15. The van der Waals surface area contributed by atoms with E-state index in [1.54, 1.807) is 6.07 Å². The lowest BCUT2D eigenvalue weighted by Crippen LogP contribution is -2.10. The highest BCUT2D eigenvalue weighted by atomic mass is 16.4. The molecule has 3 aromatic rings. The Morgan fingerprint density at radius 2 is 1.64 bits per heavy atom. The molecular formula is C22H23NO2. The van der Waals surface area contributed by atoms with Crippen LogP contribution in [0, 0.1) is 13.8 Å². The number of hydrogen-bond donors (Lipinski definition) is 1. The third kappa shape index (κ3) is 3.27. The second-order valence-electron chi connectivity index (χ2n) is 7.67. The monoisotopic (exact) mass is 333 g/mol. The molecule has 0 amide bonds. The van der Waals surface area contributed by atoms with Gasteiger partial charge in [0.05, 0.1) is 16.8 Å². The van der Waals surface area contributed by atoms with E-state index in [1.807, 2.05) is 38.1 Å². The van der Waals surface area contributed by atoms with Gasteiger partial charge in [0.2, 0.25) is 0 Å². The maximum Gasteiger partial charge on any atom is 0.336 e. The van der Waals surface area contributed by atoms with Gasteiger partial charge in [-0.05, 0) is 42.5 Å². The molecule has 3 rings (SSSR count). The molecule has 0 atom stereocenters. The van der Waals surface area contributed by atoms with Gasteiger partial charge in [0, 0.05) is 10.9 Å². The van der Waals surface area contributed by atoms with Crippen LogP contribution in [0.5, 0.6) is 0 Å². The zero-order valence-corrected chi connectivity index (χ0v) is 15.3. The van der Waals surface area contributed by atoms with E-state index in [0.29, 0.717) is 16.6 Å². The summed E-state index contributed by atoms with van der Waals surface area (Å²) >= 11 is 0. The first-order chi connectivity index (χ1) is 11.7. The number of carboxylic acid groups (broad SMARTS) is 1. The first kappa shape index (κ1) is 17.2. The number of aryl methyl sites for hydroxylation is 2. The van der Waals surface area contributed by atoms with Crippen LogP contribution in [0.1, 0.15) is 47.8 Å². The largest absolute Gasteiger partial charge is 0.478 e. The lowest BCUT2D eigenvalue weighted by Gasteiger charge is -2.19. The lowest BCUT2D eigenvalue weighted by molar-refractivity contribution is 0.0699. The fraction of sp³-hybridized carbons (Fsp3) is 0.273. The standard InChI is InChI=1S/C22H23NO2/c1-13-10-14(2)20-17(11-13)18(21(24)25)12-19(23-20)15-6-8-16(9-7-15)22(3,4)5/h6-12H,1-5H3,(H,24,25). The van der Waals surface area contributed by atoms with Crippen molar-refractivity contribution >= 4 is 16.9 Å². The van der Waals surface area contributed by atoms with Gasteiger partial charge in [0.1, 0.15) is 0 Å². The van der Waals surface area contributed by atoms with Crippen molar-refractivity contribution in [3.63, 3.8) is 0 Å². The molecule has 2 aromatic carbocycles. The van der Waals surface area contributed by atoms with E-state index < -0.39 is 5.97 Å². The summed E-state index contributed by atoms with van der Waals surface area (Å²) in [6.45, 7) is 10.5. The molecule has 3 heteroatoms. The van der Waals surface area contributed by atoms with Crippen LogP contribution in [-0.4, -0.2) is 16.1 Å². The minimum Gasteiger partial charge on any atom is -0.478 e. The predicted octanol–water partition coefficient (Wildman–Crippen LogP) is 5.51. The van der Waals surface area contributed by atoms with E-state index >= 15 is 0 Å². The van der Waals surface area contributed by atoms with E-state index in [2.05, 4.69) is 32.9 Å². The van der Waals surface area contributed by atoms with Crippen molar-refractivity contribution in [1.82, 2.24) is 4.98 Å². The predicted molar refractivity (Wildman–Crippen MR) is 102 cm³/mol. The Morgan fingerprint density at radius 1 is 1.00 bits per heavy atom. The van der Waals surface area contributed by atoms with Crippen LogP contribution < -0.4 is 0 Å². The third-order valence-corrected chi connectivity index (χ3v) is 4.53. The summed E-state index contributed by atoms with van der Waals surface area (Å²) in [5, 5.41) is 10.4. The molecule has 3 nitrogen and oxygen atoms in total. The van der Waals surface area contributed by atoms with Gasteiger partial charge >= 0.3 is 5.97 Å². The Kier molecular flexibility index (Phi) is 4.11. The Hall–Kier alpha value is -2.68. The van der Waals surface area contributed by atoms with Crippen LogP contribution in [0.15, 0.2) is 42.5 Å². The first-order valence-electron chi connectivity index (χ1n) is 8.43. The van der Waals surface area contributed by atoms with Crippen molar-refractivity contribution in [1.29, 1.82) is 0 Å². The molecule has 1 N–H and O–H groups in total. The van der Waals surface area contributed by atoms with Gasteiger partial charge in [-0.1, -0.05) is 56.7 Å². The summed E-state index contributed by atoms with van der Waals surface area (Å²) in [4.78, 5) is 16.5. The van der Waals surface area contributed by atoms with Gasteiger partial charge in [0.25, 0.3) is 0 Å². The molecule has 0 radical (unpaired) electrons.